The summed E-state index contributed by atoms with van der Waals surface area (Å²) in [5, 5.41) is 14.6. The number of nitrogens with one attached hydrogen (secondary N) is 1. The molecule has 152 valence electrons. The van der Waals surface area contributed by atoms with E-state index in [4.69, 9.17) is 20.8 Å². The van der Waals surface area contributed by atoms with Crippen molar-refractivity contribution in [1.29, 1.82) is 0 Å². The Morgan fingerprint density at radius 1 is 1.21 bits per heavy atom. The number of phenols is 1. The van der Waals surface area contributed by atoms with Crippen LogP contribution in [0.2, 0.25) is 5.02 Å². The number of methoxy groups -OCH3 is 2. The van der Waals surface area contributed by atoms with Crippen molar-refractivity contribution in [2.45, 2.75) is 19.9 Å². The molecule has 3 rings (SSSR count). The lowest BCUT2D eigenvalue weighted by Gasteiger charge is -2.13. The highest BCUT2D eigenvalue weighted by atomic mass is 35.5. The molecule has 3 aromatic rings. The van der Waals surface area contributed by atoms with Crippen molar-refractivity contribution in [1.82, 2.24) is 0 Å². The van der Waals surface area contributed by atoms with E-state index in [1.165, 1.54) is 20.3 Å². The Hall–Kier alpha value is -3.19. The van der Waals surface area contributed by atoms with Gasteiger partial charge < -0.3 is 24.3 Å². The summed E-state index contributed by atoms with van der Waals surface area (Å²) in [6, 6.07) is 8.37. The maximum absolute atomic E-state index is 12.5. The van der Waals surface area contributed by atoms with Gasteiger partial charge in [0.1, 0.15) is 17.1 Å². The molecule has 29 heavy (non-hydrogen) atoms. The molecule has 7 nitrogen and oxygen atoms in total. The molecular weight excluding hydrogens is 398 g/mol. The number of halogens is 1. The fourth-order valence-corrected chi connectivity index (χ4v) is 3.32. The zero-order valence-electron chi connectivity index (χ0n) is 16.2. The molecule has 2 N–H and O–H groups in total. The summed E-state index contributed by atoms with van der Waals surface area (Å²) < 4.78 is 15.2. The number of aryl methyl sites for hydroxylation is 1. The summed E-state index contributed by atoms with van der Waals surface area (Å²) in [6.07, 6.45) is -0.181. The van der Waals surface area contributed by atoms with Crippen LogP contribution in [0.3, 0.4) is 0 Å². The quantitative estimate of drug-likeness (QED) is 0.465. The summed E-state index contributed by atoms with van der Waals surface area (Å²) >= 11 is 6.14. The lowest BCUT2D eigenvalue weighted by atomic mass is 10.0. The third-order valence-electron chi connectivity index (χ3n) is 4.70. The molecule has 0 aliphatic heterocycles. The molecule has 2 aromatic carbocycles. The number of esters is 1. The van der Waals surface area contributed by atoms with Crippen molar-refractivity contribution >= 4 is 34.2 Å². The SMILES string of the molecule is COC(=O)Cc1c(C)c2ccc(O)c(CNc3ccc(OC)c(Cl)c3)c2oc1=O. The van der Waals surface area contributed by atoms with Crippen LogP contribution in [0.1, 0.15) is 16.7 Å². The van der Waals surface area contributed by atoms with Crippen LogP contribution in [0.25, 0.3) is 11.0 Å². The molecule has 0 fully saturated rings. The van der Waals surface area contributed by atoms with E-state index < -0.39 is 11.6 Å². The predicted molar refractivity (Wildman–Crippen MR) is 110 cm³/mol. The zero-order valence-corrected chi connectivity index (χ0v) is 16.9. The Morgan fingerprint density at radius 3 is 2.62 bits per heavy atom. The van der Waals surface area contributed by atoms with Crippen LogP contribution in [-0.4, -0.2) is 25.3 Å². The number of benzene rings is 2. The highest BCUT2D eigenvalue weighted by Gasteiger charge is 2.18. The van der Waals surface area contributed by atoms with Crippen molar-refractivity contribution in [3.8, 4) is 11.5 Å². The lowest BCUT2D eigenvalue weighted by molar-refractivity contribution is -0.139. The minimum atomic E-state index is -0.639. The van der Waals surface area contributed by atoms with E-state index >= 15 is 0 Å². The normalized spacial score (nSPS) is 10.8. The van der Waals surface area contributed by atoms with Gasteiger partial charge in [-0.15, -0.1) is 0 Å². The van der Waals surface area contributed by atoms with Crippen molar-refractivity contribution in [2.24, 2.45) is 0 Å². The standard InChI is InChI=1S/C21H20ClNO6/c1-11-13-5-6-17(24)15(10-23-12-4-7-18(27-2)16(22)8-12)20(13)29-21(26)14(11)9-19(25)28-3/h4-8,23-24H,9-10H2,1-3H3. The van der Waals surface area contributed by atoms with Gasteiger partial charge in [0.2, 0.25) is 0 Å². The number of ether oxygens (including phenoxy) is 2. The maximum Gasteiger partial charge on any atom is 0.340 e. The third kappa shape index (κ3) is 4.14. The number of carbonyl (C=O) groups is 1. The van der Waals surface area contributed by atoms with Gasteiger partial charge in [-0.25, -0.2) is 4.79 Å². The highest BCUT2D eigenvalue weighted by molar-refractivity contribution is 6.32. The summed E-state index contributed by atoms with van der Waals surface area (Å²) in [5.41, 5.74) is 1.58. The Kier molecular flexibility index (Phi) is 5.98. The number of aromatic hydroxyl groups is 1. The van der Waals surface area contributed by atoms with E-state index in [2.05, 4.69) is 10.1 Å². The summed E-state index contributed by atoms with van der Waals surface area (Å²) in [4.78, 5) is 24.1. The van der Waals surface area contributed by atoms with Crippen LogP contribution in [0.4, 0.5) is 5.69 Å². The van der Waals surface area contributed by atoms with Crippen molar-refractivity contribution in [2.75, 3.05) is 19.5 Å². The van der Waals surface area contributed by atoms with Crippen molar-refractivity contribution < 1.29 is 23.8 Å². The molecule has 0 aliphatic carbocycles. The Bertz CT molecular complexity index is 1140. The van der Waals surface area contributed by atoms with Crippen molar-refractivity contribution in [3.05, 3.63) is 62.5 Å². The third-order valence-corrected chi connectivity index (χ3v) is 5.00. The van der Waals surface area contributed by atoms with Crippen LogP contribution in [0.15, 0.2) is 39.5 Å². The lowest BCUT2D eigenvalue weighted by Crippen LogP contribution is -2.16. The van der Waals surface area contributed by atoms with E-state index in [0.29, 0.717) is 33.0 Å². The second-order valence-corrected chi connectivity index (χ2v) is 6.80. The molecule has 1 heterocycles. The number of fused-ring (bicyclic) bond motifs is 1. The van der Waals surface area contributed by atoms with Gasteiger partial charge in [0.25, 0.3) is 0 Å². The molecule has 1 aromatic heterocycles. The van der Waals surface area contributed by atoms with E-state index in [1.54, 1.807) is 31.2 Å². The smallest absolute Gasteiger partial charge is 0.340 e. The average molecular weight is 418 g/mol. The van der Waals surface area contributed by atoms with Gasteiger partial charge in [-0.1, -0.05) is 11.6 Å². The van der Waals surface area contributed by atoms with E-state index in [1.807, 2.05) is 0 Å². The Morgan fingerprint density at radius 2 is 1.97 bits per heavy atom. The molecule has 0 saturated carbocycles. The second-order valence-electron chi connectivity index (χ2n) is 6.39. The van der Waals surface area contributed by atoms with Crippen LogP contribution < -0.4 is 15.7 Å². The van der Waals surface area contributed by atoms with Gasteiger partial charge in [-0.3, -0.25) is 4.79 Å². The molecule has 0 atom stereocenters. The van der Waals surface area contributed by atoms with E-state index in [0.717, 1.165) is 0 Å². The van der Waals surface area contributed by atoms with E-state index in [-0.39, 0.29) is 29.9 Å². The molecule has 0 aliphatic rings. The maximum atomic E-state index is 12.5. The average Bonchev–Trinajstić information content (AvgIpc) is 2.70. The summed E-state index contributed by atoms with van der Waals surface area (Å²) in [6.45, 7) is 1.92. The molecule has 0 radical (unpaired) electrons. The Labute approximate surface area is 171 Å². The fourth-order valence-electron chi connectivity index (χ4n) is 3.06. The number of hydrogen-bond acceptors (Lipinski definition) is 7. The number of anilines is 1. The monoisotopic (exact) mass is 417 g/mol. The van der Waals surface area contributed by atoms with Gasteiger partial charge in [-0.2, -0.15) is 0 Å². The predicted octanol–water partition coefficient (Wildman–Crippen LogP) is 3.80. The van der Waals surface area contributed by atoms with Crippen LogP contribution >= 0.6 is 11.6 Å². The minimum Gasteiger partial charge on any atom is -0.507 e. The van der Waals surface area contributed by atoms with Gasteiger partial charge in [0, 0.05) is 17.6 Å². The molecule has 0 saturated heterocycles. The summed E-state index contributed by atoms with van der Waals surface area (Å²) in [5.74, 6) is -0.00494. The van der Waals surface area contributed by atoms with E-state index in [9.17, 15) is 14.7 Å². The molecule has 0 unspecified atom stereocenters. The first-order chi connectivity index (χ1) is 13.8. The molecular formula is C21H20ClNO6. The number of phenolic OH excluding ortho intramolecular Hbond substituents is 1. The first-order valence-electron chi connectivity index (χ1n) is 8.77. The highest BCUT2D eigenvalue weighted by Crippen LogP contribution is 2.31. The molecule has 0 amide bonds. The van der Waals surface area contributed by atoms with Gasteiger partial charge >= 0.3 is 11.6 Å². The molecule has 8 heteroatoms. The summed E-state index contributed by atoms with van der Waals surface area (Å²) in [7, 11) is 2.79. The minimum absolute atomic E-state index is 0.0205. The Balaban J connectivity index is 1.99. The first-order valence-corrected chi connectivity index (χ1v) is 9.14. The zero-order chi connectivity index (χ0) is 21.1. The van der Waals surface area contributed by atoms with Gasteiger partial charge in [0.05, 0.1) is 36.8 Å². The van der Waals surface area contributed by atoms with Crippen LogP contribution in [-0.2, 0) is 22.5 Å². The second kappa shape index (κ2) is 8.45. The van der Waals surface area contributed by atoms with Gasteiger partial charge in [0.15, 0.2) is 0 Å². The van der Waals surface area contributed by atoms with Crippen LogP contribution in [0.5, 0.6) is 11.5 Å². The topological polar surface area (TPSA) is 98.0 Å². The fraction of sp³-hybridized carbons (Fsp3) is 0.238. The van der Waals surface area contributed by atoms with Crippen LogP contribution in [0, 0.1) is 6.92 Å². The number of hydrogen-bond donors (Lipinski definition) is 2. The largest absolute Gasteiger partial charge is 0.507 e. The molecule has 0 spiro atoms. The number of carbonyl (C=O) groups excluding carboxylic acids is 1. The van der Waals surface area contributed by atoms with Gasteiger partial charge in [-0.05, 0) is 42.8 Å². The van der Waals surface area contributed by atoms with Crippen molar-refractivity contribution in [3.63, 3.8) is 0 Å². The molecule has 0 bridgehead atoms. The first kappa shape index (κ1) is 20.5. The number of rotatable bonds is 6.